The van der Waals surface area contributed by atoms with Crippen molar-refractivity contribution < 1.29 is 19.1 Å². The summed E-state index contributed by atoms with van der Waals surface area (Å²) in [6, 6.07) is 0. The van der Waals surface area contributed by atoms with Crippen LogP contribution in [-0.4, -0.2) is 18.2 Å². The molecule has 0 heterocycles. The average molecular weight is 819 g/mol. The minimum absolute atomic E-state index is 0.194. The maximum atomic E-state index is 12.8. The van der Waals surface area contributed by atoms with E-state index in [0.717, 1.165) is 38.5 Å². The average Bonchev–Trinajstić information content (AvgIpc) is 3.22. The molecule has 0 aromatic rings. The quantitative estimate of drug-likeness (QED) is 0.0349. The Morgan fingerprint density at radius 2 is 0.431 bits per heavy atom. The smallest absolute Gasteiger partial charge is 0.308 e. The Morgan fingerprint density at radius 3 is 0.638 bits per heavy atom. The van der Waals surface area contributed by atoms with Gasteiger partial charge in [-0.3, -0.25) is 9.59 Å². The van der Waals surface area contributed by atoms with Crippen LogP contribution in [0.2, 0.25) is 0 Å². The van der Waals surface area contributed by atoms with Crippen LogP contribution in [0.4, 0.5) is 0 Å². The zero-order valence-electron chi connectivity index (χ0n) is 40.2. The largest absolute Gasteiger partial charge is 0.425 e. The highest BCUT2D eigenvalue weighted by molar-refractivity contribution is 5.71. The summed E-state index contributed by atoms with van der Waals surface area (Å²) in [7, 11) is 0. The molecule has 58 heavy (non-hydrogen) atoms. The van der Waals surface area contributed by atoms with Crippen molar-refractivity contribution >= 4 is 11.9 Å². The SMILES string of the molecule is CCCCCCCCCCCCCCCCCC(=O)OC(CCCCCCCCCCCCCCCCC)OC(=O)CCCCCCCCCCCCCCCCC. The first kappa shape index (κ1) is 56.9. The predicted molar refractivity (Wildman–Crippen MR) is 255 cm³/mol. The zero-order chi connectivity index (χ0) is 42.1. The van der Waals surface area contributed by atoms with Crippen LogP contribution in [0, 0.1) is 0 Å². The molecule has 0 aliphatic carbocycles. The summed E-state index contributed by atoms with van der Waals surface area (Å²) in [6.45, 7) is 6.86. The van der Waals surface area contributed by atoms with Gasteiger partial charge in [-0.05, 0) is 19.3 Å². The topological polar surface area (TPSA) is 52.6 Å². The number of hydrogen-bond acceptors (Lipinski definition) is 4. The van der Waals surface area contributed by atoms with Crippen molar-refractivity contribution in [2.75, 3.05) is 0 Å². The van der Waals surface area contributed by atoms with E-state index in [4.69, 9.17) is 9.47 Å². The van der Waals surface area contributed by atoms with Gasteiger partial charge in [-0.2, -0.15) is 0 Å². The number of carbonyl (C=O) groups is 2. The van der Waals surface area contributed by atoms with E-state index in [-0.39, 0.29) is 11.9 Å². The highest BCUT2D eigenvalue weighted by Crippen LogP contribution is 2.19. The van der Waals surface area contributed by atoms with Gasteiger partial charge in [0, 0.05) is 19.3 Å². The monoisotopic (exact) mass is 819 g/mol. The minimum atomic E-state index is -0.713. The fourth-order valence-electron chi connectivity index (χ4n) is 8.52. The molecule has 0 aromatic heterocycles. The van der Waals surface area contributed by atoms with Crippen LogP contribution in [0.1, 0.15) is 329 Å². The summed E-state index contributed by atoms with van der Waals surface area (Å²) >= 11 is 0. The number of hydrogen-bond donors (Lipinski definition) is 0. The Balaban J connectivity index is 4.19. The van der Waals surface area contributed by atoms with Crippen molar-refractivity contribution in [3.8, 4) is 0 Å². The summed E-state index contributed by atoms with van der Waals surface area (Å²) < 4.78 is 11.6. The van der Waals surface area contributed by atoms with Gasteiger partial charge in [0.15, 0.2) is 0 Å². The molecule has 0 aliphatic rings. The van der Waals surface area contributed by atoms with Gasteiger partial charge in [0.2, 0.25) is 6.29 Å². The fourth-order valence-corrected chi connectivity index (χ4v) is 8.52. The lowest BCUT2D eigenvalue weighted by Gasteiger charge is -2.18. The van der Waals surface area contributed by atoms with E-state index in [1.165, 1.54) is 250 Å². The second-order valence-electron chi connectivity index (χ2n) is 18.5. The molecule has 0 aliphatic heterocycles. The normalized spacial score (nSPS) is 11.5. The Bertz CT molecular complexity index is 748. The third-order valence-corrected chi connectivity index (χ3v) is 12.5. The third kappa shape index (κ3) is 47.6. The first-order chi connectivity index (χ1) is 28.6. The Hall–Kier alpha value is -1.06. The second-order valence-corrected chi connectivity index (χ2v) is 18.5. The molecule has 0 radical (unpaired) electrons. The van der Waals surface area contributed by atoms with Crippen LogP contribution in [0.25, 0.3) is 0 Å². The van der Waals surface area contributed by atoms with Gasteiger partial charge >= 0.3 is 11.9 Å². The van der Waals surface area contributed by atoms with Gasteiger partial charge in [-0.25, -0.2) is 0 Å². The van der Waals surface area contributed by atoms with Gasteiger partial charge in [0.1, 0.15) is 0 Å². The summed E-state index contributed by atoms with van der Waals surface area (Å²) in [4.78, 5) is 25.6. The molecule has 0 fully saturated rings. The fraction of sp³-hybridized carbons (Fsp3) is 0.963. The lowest BCUT2D eigenvalue weighted by molar-refractivity contribution is -0.189. The van der Waals surface area contributed by atoms with E-state index >= 15 is 0 Å². The molecular weight excluding hydrogens is 713 g/mol. The Kier molecular flexibility index (Phi) is 49.4. The molecule has 0 unspecified atom stereocenters. The van der Waals surface area contributed by atoms with E-state index in [2.05, 4.69) is 20.8 Å². The summed E-state index contributed by atoms with van der Waals surface area (Å²) in [5.74, 6) is -0.388. The highest BCUT2D eigenvalue weighted by Gasteiger charge is 2.19. The molecule has 0 saturated carbocycles. The van der Waals surface area contributed by atoms with Gasteiger partial charge in [-0.15, -0.1) is 0 Å². The third-order valence-electron chi connectivity index (χ3n) is 12.5. The molecule has 0 atom stereocenters. The molecule has 0 spiro atoms. The first-order valence-corrected chi connectivity index (χ1v) is 27.0. The summed E-state index contributed by atoms with van der Waals surface area (Å²) in [5, 5.41) is 0. The number of carbonyl (C=O) groups excluding carboxylic acids is 2. The lowest BCUT2D eigenvalue weighted by atomic mass is 10.0. The van der Waals surface area contributed by atoms with E-state index < -0.39 is 6.29 Å². The van der Waals surface area contributed by atoms with Crippen molar-refractivity contribution in [3.05, 3.63) is 0 Å². The highest BCUT2D eigenvalue weighted by atomic mass is 16.7. The molecule has 0 aromatic carbocycles. The number of ether oxygens (including phenoxy) is 2. The number of esters is 2. The molecule has 0 saturated heterocycles. The van der Waals surface area contributed by atoms with E-state index in [0.29, 0.717) is 19.3 Å². The minimum Gasteiger partial charge on any atom is -0.425 e. The van der Waals surface area contributed by atoms with Gasteiger partial charge in [0.25, 0.3) is 0 Å². The van der Waals surface area contributed by atoms with E-state index in [1.807, 2.05) is 0 Å². The molecule has 346 valence electrons. The Morgan fingerprint density at radius 1 is 0.259 bits per heavy atom. The maximum absolute atomic E-state index is 12.8. The predicted octanol–water partition coefficient (Wildman–Crippen LogP) is 19.2. The summed E-state index contributed by atoms with van der Waals surface area (Å²) in [6.07, 6.45) is 59.9. The number of unbranched alkanes of at least 4 members (excludes halogenated alkanes) is 42. The molecule has 0 N–H and O–H groups in total. The lowest BCUT2D eigenvalue weighted by Crippen LogP contribution is -2.24. The van der Waals surface area contributed by atoms with Crippen LogP contribution in [0.3, 0.4) is 0 Å². The first-order valence-electron chi connectivity index (χ1n) is 27.0. The van der Waals surface area contributed by atoms with E-state index in [1.54, 1.807) is 0 Å². The number of rotatable bonds is 50. The molecular formula is C54H106O4. The van der Waals surface area contributed by atoms with Crippen LogP contribution in [0.15, 0.2) is 0 Å². The molecule has 4 heteroatoms. The van der Waals surface area contributed by atoms with E-state index in [9.17, 15) is 9.59 Å². The van der Waals surface area contributed by atoms with Crippen molar-refractivity contribution in [1.29, 1.82) is 0 Å². The van der Waals surface area contributed by atoms with Crippen molar-refractivity contribution in [1.82, 2.24) is 0 Å². The standard InChI is InChI=1S/C54H106O4/c1-4-7-10-13-16-19-22-25-28-31-34-37-40-43-46-49-52(55)57-54(51-48-45-42-39-36-33-30-27-24-21-18-15-12-9-6-3)58-53(56)50-47-44-41-38-35-32-29-26-23-20-17-14-11-8-5-2/h54H,4-51H2,1-3H3. The van der Waals surface area contributed by atoms with Crippen molar-refractivity contribution in [2.24, 2.45) is 0 Å². The van der Waals surface area contributed by atoms with Gasteiger partial charge in [-0.1, -0.05) is 290 Å². The van der Waals surface area contributed by atoms with Crippen LogP contribution in [-0.2, 0) is 19.1 Å². The molecule has 0 bridgehead atoms. The second kappa shape index (κ2) is 50.3. The molecule has 0 rings (SSSR count). The van der Waals surface area contributed by atoms with Crippen molar-refractivity contribution in [2.45, 2.75) is 335 Å². The van der Waals surface area contributed by atoms with Crippen LogP contribution < -0.4 is 0 Å². The molecule has 0 amide bonds. The summed E-state index contributed by atoms with van der Waals surface area (Å²) in [5.41, 5.74) is 0. The maximum Gasteiger partial charge on any atom is 0.308 e. The van der Waals surface area contributed by atoms with Gasteiger partial charge in [0.05, 0.1) is 0 Å². The zero-order valence-corrected chi connectivity index (χ0v) is 40.2. The Labute approximate surface area is 365 Å². The van der Waals surface area contributed by atoms with Crippen LogP contribution >= 0.6 is 0 Å². The van der Waals surface area contributed by atoms with Crippen molar-refractivity contribution in [3.63, 3.8) is 0 Å². The van der Waals surface area contributed by atoms with Crippen LogP contribution in [0.5, 0.6) is 0 Å². The van der Waals surface area contributed by atoms with Gasteiger partial charge < -0.3 is 9.47 Å². The molecule has 4 nitrogen and oxygen atoms in total.